The Balaban J connectivity index is 3.20. The van der Waals surface area contributed by atoms with Gasteiger partial charge in [0.05, 0.1) is 5.94 Å². The van der Waals surface area contributed by atoms with E-state index in [2.05, 4.69) is 30.2 Å². The lowest BCUT2D eigenvalue weighted by atomic mass is 10.0. The van der Waals surface area contributed by atoms with Crippen molar-refractivity contribution in [3.8, 4) is 0 Å². The van der Waals surface area contributed by atoms with Crippen molar-refractivity contribution in [3.63, 3.8) is 0 Å². The Labute approximate surface area is 201 Å². The smallest absolute Gasteiger partial charge is 0.136 e. The minimum atomic E-state index is 0.204. The number of thiocarbonyl (C=S) groups is 2. The van der Waals surface area contributed by atoms with Gasteiger partial charge in [0.2, 0.25) is 0 Å². The summed E-state index contributed by atoms with van der Waals surface area (Å²) in [5.74, 6) is 0.622. The van der Waals surface area contributed by atoms with Gasteiger partial charge in [-0.2, -0.15) is 0 Å². The van der Waals surface area contributed by atoms with E-state index in [-0.39, 0.29) is 6.04 Å². The first-order valence-corrected chi connectivity index (χ1v) is 13.8. The maximum atomic E-state index is 5.67. The van der Waals surface area contributed by atoms with Crippen LogP contribution in [0.1, 0.15) is 104 Å². The summed E-state index contributed by atoms with van der Waals surface area (Å²) < 4.78 is 6.95. The topological polar surface area (TPSA) is 33.3 Å². The average molecular weight is 481 g/mol. The third-order valence-electron chi connectivity index (χ3n) is 4.84. The van der Waals surface area contributed by atoms with Crippen LogP contribution in [0.5, 0.6) is 0 Å². The first-order valence-electron chi connectivity index (χ1n) is 11.5. The number of thiol groups is 1. The SMILES string of the molecule is CCCCCCCCCCCCCCCCOCSC(=S)NCC(C)NC(=S)S. The molecule has 0 rings (SSSR count). The molecule has 0 saturated carbocycles. The van der Waals surface area contributed by atoms with E-state index >= 15 is 0 Å². The van der Waals surface area contributed by atoms with Crippen LogP contribution in [0.3, 0.4) is 0 Å². The fraction of sp³-hybridized carbons (Fsp3) is 0.909. The summed E-state index contributed by atoms with van der Waals surface area (Å²) in [7, 11) is 0. The molecule has 1 unspecified atom stereocenters. The van der Waals surface area contributed by atoms with E-state index in [4.69, 9.17) is 29.2 Å². The summed E-state index contributed by atoms with van der Waals surface area (Å²) in [6.07, 6.45) is 19.4. The molecule has 0 aliphatic heterocycles. The Hall–Kier alpha value is 0.440. The lowest BCUT2D eigenvalue weighted by Gasteiger charge is -2.15. The van der Waals surface area contributed by atoms with Crippen LogP contribution in [-0.4, -0.2) is 33.8 Å². The van der Waals surface area contributed by atoms with E-state index in [1.165, 1.54) is 83.5 Å². The molecule has 2 N–H and O–H groups in total. The van der Waals surface area contributed by atoms with Gasteiger partial charge in [-0.3, -0.25) is 0 Å². The lowest BCUT2D eigenvalue weighted by Crippen LogP contribution is -2.38. The van der Waals surface area contributed by atoms with Crippen LogP contribution in [0.4, 0.5) is 0 Å². The number of rotatable bonds is 20. The molecule has 0 fully saturated rings. The van der Waals surface area contributed by atoms with Gasteiger partial charge in [0.15, 0.2) is 0 Å². The number of hydrogen-bond donors (Lipinski definition) is 3. The molecule has 0 spiro atoms. The lowest BCUT2D eigenvalue weighted by molar-refractivity contribution is 0.177. The van der Waals surface area contributed by atoms with Crippen LogP contribution in [0.25, 0.3) is 0 Å². The Bertz CT molecular complexity index is 397. The van der Waals surface area contributed by atoms with E-state index in [0.29, 0.717) is 10.3 Å². The molecule has 1 atom stereocenters. The highest BCUT2D eigenvalue weighted by molar-refractivity contribution is 8.22. The fourth-order valence-electron chi connectivity index (χ4n) is 3.10. The highest BCUT2D eigenvalue weighted by atomic mass is 32.2. The van der Waals surface area contributed by atoms with Gasteiger partial charge < -0.3 is 15.4 Å². The van der Waals surface area contributed by atoms with Gasteiger partial charge >= 0.3 is 0 Å². The van der Waals surface area contributed by atoms with Crippen molar-refractivity contribution in [1.82, 2.24) is 10.6 Å². The summed E-state index contributed by atoms with van der Waals surface area (Å²) in [5, 5.41) is 6.26. The largest absolute Gasteiger partial charge is 0.370 e. The predicted molar refractivity (Wildman–Crippen MR) is 144 cm³/mol. The third kappa shape index (κ3) is 24.6. The summed E-state index contributed by atoms with van der Waals surface area (Å²) in [6.45, 7) is 5.88. The average Bonchev–Trinajstić information content (AvgIpc) is 2.68. The van der Waals surface area contributed by atoms with Crippen molar-refractivity contribution in [2.45, 2.75) is 110 Å². The van der Waals surface area contributed by atoms with E-state index in [0.717, 1.165) is 23.9 Å². The monoisotopic (exact) mass is 480 g/mol. The molecule has 0 aromatic heterocycles. The van der Waals surface area contributed by atoms with Crippen LogP contribution in [-0.2, 0) is 4.74 Å². The Morgan fingerprint density at radius 1 is 0.862 bits per heavy atom. The van der Waals surface area contributed by atoms with E-state index < -0.39 is 0 Å². The zero-order valence-electron chi connectivity index (χ0n) is 18.7. The zero-order chi connectivity index (χ0) is 21.6. The molecule has 0 aromatic carbocycles. The predicted octanol–water partition coefficient (Wildman–Crippen LogP) is 7.24. The molecular formula is C22H44N2OS4. The van der Waals surface area contributed by atoms with Crippen LogP contribution in [0.15, 0.2) is 0 Å². The van der Waals surface area contributed by atoms with Crippen molar-refractivity contribution < 1.29 is 4.74 Å². The molecule has 0 aliphatic carbocycles. The molecule has 0 aromatic rings. The number of nitrogens with one attached hydrogen (secondary N) is 2. The van der Waals surface area contributed by atoms with Gasteiger partial charge in [-0.1, -0.05) is 127 Å². The number of thioether (sulfide) groups is 1. The van der Waals surface area contributed by atoms with Gasteiger partial charge in [-0.05, 0) is 13.3 Å². The minimum Gasteiger partial charge on any atom is -0.370 e. The second-order valence-corrected chi connectivity index (χ2v) is 10.5. The van der Waals surface area contributed by atoms with Gasteiger partial charge in [-0.25, -0.2) is 0 Å². The minimum absolute atomic E-state index is 0.204. The molecule has 0 saturated heterocycles. The van der Waals surface area contributed by atoms with Crippen molar-refractivity contribution >= 4 is 57.5 Å². The molecule has 0 amide bonds. The Morgan fingerprint density at radius 3 is 1.83 bits per heavy atom. The van der Waals surface area contributed by atoms with Gasteiger partial charge in [0, 0.05) is 19.2 Å². The molecule has 0 aliphatic rings. The maximum absolute atomic E-state index is 5.67. The van der Waals surface area contributed by atoms with Crippen LogP contribution in [0, 0.1) is 0 Å². The zero-order valence-corrected chi connectivity index (χ0v) is 22.0. The standard InChI is InChI=1S/C22H44N2OS4/c1-3-4-5-6-7-8-9-10-11-12-13-14-15-16-17-25-19-29-22(28)23-18-20(2)24-21(26)27/h20H,3-19H2,1-2H3,(H,23,28)(H2,24,26,27). The van der Waals surface area contributed by atoms with Crippen LogP contribution >= 0.6 is 48.8 Å². The van der Waals surface area contributed by atoms with Gasteiger partial charge in [0.25, 0.3) is 0 Å². The van der Waals surface area contributed by atoms with E-state index in [1.54, 1.807) is 11.8 Å². The fourth-order valence-corrected chi connectivity index (χ4v) is 4.24. The van der Waals surface area contributed by atoms with Crippen molar-refractivity contribution in [1.29, 1.82) is 0 Å². The number of ether oxygens (including phenoxy) is 1. The molecule has 172 valence electrons. The van der Waals surface area contributed by atoms with Gasteiger partial charge in [-0.15, -0.1) is 12.6 Å². The van der Waals surface area contributed by atoms with Crippen molar-refractivity contribution in [2.75, 3.05) is 19.1 Å². The van der Waals surface area contributed by atoms with Crippen molar-refractivity contribution in [3.05, 3.63) is 0 Å². The molecule has 0 bridgehead atoms. The van der Waals surface area contributed by atoms with E-state index in [1.807, 2.05) is 6.92 Å². The highest BCUT2D eigenvalue weighted by Gasteiger charge is 2.03. The second-order valence-electron chi connectivity index (χ2n) is 7.79. The summed E-state index contributed by atoms with van der Waals surface area (Å²) in [6, 6.07) is 0.204. The molecule has 0 heterocycles. The van der Waals surface area contributed by atoms with E-state index in [9.17, 15) is 0 Å². The normalized spacial score (nSPS) is 12.0. The summed E-state index contributed by atoms with van der Waals surface area (Å²) >= 11 is 15.8. The molecule has 3 nitrogen and oxygen atoms in total. The molecular weight excluding hydrogens is 437 g/mol. The Morgan fingerprint density at radius 2 is 1.34 bits per heavy atom. The van der Waals surface area contributed by atoms with Gasteiger partial charge in [0.1, 0.15) is 8.64 Å². The number of hydrogen-bond acceptors (Lipinski definition) is 4. The summed E-state index contributed by atoms with van der Waals surface area (Å²) in [4.78, 5) is 0. The Kier molecular flexibility index (Phi) is 23.5. The van der Waals surface area contributed by atoms with Crippen molar-refractivity contribution in [2.24, 2.45) is 0 Å². The van der Waals surface area contributed by atoms with Crippen LogP contribution < -0.4 is 10.6 Å². The van der Waals surface area contributed by atoms with Crippen LogP contribution in [0.2, 0.25) is 0 Å². The summed E-state index contributed by atoms with van der Waals surface area (Å²) in [5.41, 5.74) is 0. The highest BCUT2D eigenvalue weighted by Crippen LogP contribution is 2.13. The maximum Gasteiger partial charge on any atom is 0.136 e. The quantitative estimate of drug-likeness (QED) is 0.0737. The first kappa shape index (κ1) is 29.4. The molecule has 29 heavy (non-hydrogen) atoms. The number of unbranched alkanes of at least 4 members (excludes halogenated alkanes) is 13. The molecule has 0 radical (unpaired) electrons. The molecule has 7 heteroatoms. The first-order chi connectivity index (χ1) is 14.1. The second kappa shape index (κ2) is 23.1. The third-order valence-corrected chi connectivity index (χ3v) is 6.27.